The van der Waals surface area contributed by atoms with E-state index in [1.807, 2.05) is 6.07 Å². The molecule has 2 heterocycles. The highest BCUT2D eigenvalue weighted by Crippen LogP contribution is 2.29. The van der Waals surface area contributed by atoms with Crippen LogP contribution in [0.15, 0.2) is 36.5 Å². The first-order valence-corrected chi connectivity index (χ1v) is 7.91. The highest BCUT2D eigenvalue weighted by molar-refractivity contribution is 6.34. The summed E-state index contributed by atoms with van der Waals surface area (Å²) in [5, 5.41) is 3.19. The number of amides is 2. The first-order valence-electron chi connectivity index (χ1n) is 7.53. The first-order chi connectivity index (χ1) is 11.5. The summed E-state index contributed by atoms with van der Waals surface area (Å²) in [6.07, 6.45) is 1.97. The zero-order valence-corrected chi connectivity index (χ0v) is 13.8. The zero-order chi connectivity index (χ0) is 17.3. The van der Waals surface area contributed by atoms with Crippen molar-refractivity contribution < 1.29 is 14.4 Å². The molecule has 0 aliphatic carbocycles. The minimum atomic E-state index is -0.613. The molecule has 0 bridgehead atoms. The average Bonchev–Trinajstić information content (AvgIpc) is 3.17. The second-order valence-corrected chi connectivity index (χ2v) is 6.02. The molecule has 1 aromatic carbocycles. The summed E-state index contributed by atoms with van der Waals surface area (Å²) in [5.41, 5.74) is 1.32. The number of anilines is 1. The summed E-state index contributed by atoms with van der Waals surface area (Å²) in [5.74, 6) is -0.746. The van der Waals surface area contributed by atoms with E-state index in [4.69, 9.17) is 11.6 Å². The normalized spacial score (nSPS) is 17.2. The van der Waals surface area contributed by atoms with Gasteiger partial charge in [-0.3, -0.25) is 14.4 Å². The van der Waals surface area contributed by atoms with E-state index in [-0.39, 0.29) is 17.4 Å². The van der Waals surface area contributed by atoms with Crippen LogP contribution in [0.2, 0.25) is 5.02 Å². The number of hydrogen-bond acceptors (Lipinski definition) is 3. The number of aromatic amines is 1. The van der Waals surface area contributed by atoms with Crippen LogP contribution in [-0.2, 0) is 4.79 Å². The molecule has 1 aliphatic heterocycles. The van der Waals surface area contributed by atoms with Gasteiger partial charge in [-0.05, 0) is 31.5 Å². The molecule has 1 aliphatic rings. The Hall–Kier alpha value is -2.60. The van der Waals surface area contributed by atoms with Crippen molar-refractivity contribution in [3.63, 3.8) is 0 Å². The number of rotatable bonds is 4. The predicted molar refractivity (Wildman–Crippen MR) is 90.5 cm³/mol. The largest absolute Gasteiger partial charge is 0.356 e. The number of nitrogens with one attached hydrogen (secondary N) is 2. The van der Waals surface area contributed by atoms with Gasteiger partial charge in [0.1, 0.15) is 11.7 Å². The number of hydrogen-bond donors (Lipinski definition) is 2. The maximum Gasteiger partial charge on any atom is 0.268 e. The van der Waals surface area contributed by atoms with Crippen molar-refractivity contribution in [3.05, 3.63) is 52.8 Å². The molecule has 7 heteroatoms. The van der Waals surface area contributed by atoms with E-state index >= 15 is 0 Å². The van der Waals surface area contributed by atoms with Gasteiger partial charge in [0.15, 0.2) is 5.78 Å². The molecule has 1 aromatic heterocycles. The van der Waals surface area contributed by atoms with Crippen molar-refractivity contribution in [3.8, 4) is 0 Å². The van der Waals surface area contributed by atoms with Crippen LogP contribution in [0, 0.1) is 0 Å². The van der Waals surface area contributed by atoms with E-state index in [9.17, 15) is 14.4 Å². The summed E-state index contributed by atoms with van der Waals surface area (Å²) in [6.45, 7) is 1.91. The van der Waals surface area contributed by atoms with Gasteiger partial charge in [-0.15, -0.1) is 0 Å². The van der Waals surface area contributed by atoms with Crippen LogP contribution in [0.25, 0.3) is 0 Å². The molecular formula is C17H16ClN3O3. The molecule has 24 heavy (non-hydrogen) atoms. The standard InChI is InChI=1S/C17H16ClN3O3/c1-10(22)11-8-14(19-9-11)16(23)20-13-6-7-21(17(13)24)15-5-3-2-4-12(15)18/h2-5,8-9,13,19H,6-7H2,1H3,(H,20,23)/t13-/m0/s1. The lowest BCUT2D eigenvalue weighted by Crippen LogP contribution is -2.41. The van der Waals surface area contributed by atoms with Crippen molar-refractivity contribution in [1.82, 2.24) is 10.3 Å². The first kappa shape index (κ1) is 16.3. The Kier molecular flexibility index (Phi) is 4.40. The van der Waals surface area contributed by atoms with E-state index in [0.717, 1.165) is 0 Å². The van der Waals surface area contributed by atoms with Crippen LogP contribution in [0.4, 0.5) is 5.69 Å². The summed E-state index contributed by atoms with van der Waals surface area (Å²) in [4.78, 5) is 40.4. The number of H-pyrrole nitrogens is 1. The number of Topliss-reactive ketones (excluding diaryl/α,β-unsaturated/α-hetero) is 1. The van der Waals surface area contributed by atoms with Crippen molar-refractivity contribution in [1.29, 1.82) is 0 Å². The van der Waals surface area contributed by atoms with Crippen LogP contribution in [0.1, 0.15) is 34.2 Å². The number of benzene rings is 1. The molecule has 2 aromatic rings. The molecule has 0 saturated carbocycles. The van der Waals surface area contributed by atoms with Gasteiger partial charge in [0, 0.05) is 18.3 Å². The van der Waals surface area contributed by atoms with E-state index in [1.54, 1.807) is 23.1 Å². The third-order valence-corrected chi connectivity index (χ3v) is 4.31. The molecular weight excluding hydrogens is 330 g/mol. The maximum atomic E-state index is 12.5. The molecule has 6 nitrogen and oxygen atoms in total. The molecule has 124 valence electrons. The van der Waals surface area contributed by atoms with Gasteiger partial charge in [-0.25, -0.2) is 0 Å². The van der Waals surface area contributed by atoms with Gasteiger partial charge in [-0.1, -0.05) is 23.7 Å². The number of aromatic nitrogens is 1. The lowest BCUT2D eigenvalue weighted by Gasteiger charge is -2.18. The molecule has 2 N–H and O–H groups in total. The average molecular weight is 346 g/mol. The van der Waals surface area contributed by atoms with Crippen molar-refractivity contribution >= 4 is 34.9 Å². The second kappa shape index (κ2) is 6.49. The third kappa shape index (κ3) is 3.05. The Balaban J connectivity index is 1.70. The minimum absolute atomic E-state index is 0.132. The quantitative estimate of drug-likeness (QED) is 0.835. The van der Waals surface area contributed by atoms with E-state index in [2.05, 4.69) is 10.3 Å². The fraction of sp³-hybridized carbons (Fsp3) is 0.235. The van der Waals surface area contributed by atoms with Gasteiger partial charge in [0.25, 0.3) is 5.91 Å². The van der Waals surface area contributed by atoms with Crippen LogP contribution in [0.3, 0.4) is 0 Å². The van der Waals surface area contributed by atoms with Crippen LogP contribution in [0.5, 0.6) is 0 Å². The van der Waals surface area contributed by atoms with Gasteiger partial charge in [0.05, 0.1) is 10.7 Å². The topological polar surface area (TPSA) is 82.3 Å². The molecule has 1 saturated heterocycles. The molecule has 0 radical (unpaired) electrons. The molecule has 1 fully saturated rings. The second-order valence-electron chi connectivity index (χ2n) is 5.61. The smallest absolute Gasteiger partial charge is 0.268 e. The van der Waals surface area contributed by atoms with Gasteiger partial charge in [-0.2, -0.15) is 0 Å². The SMILES string of the molecule is CC(=O)c1c[nH]c(C(=O)N[C@H]2CCN(c3ccccc3Cl)C2=O)c1. The molecule has 0 spiro atoms. The lowest BCUT2D eigenvalue weighted by atomic mass is 10.2. The van der Waals surface area contributed by atoms with E-state index < -0.39 is 11.9 Å². The number of para-hydroxylation sites is 1. The monoisotopic (exact) mass is 345 g/mol. The zero-order valence-electron chi connectivity index (χ0n) is 13.0. The number of carbonyl (C=O) groups excluding carboxylic acids is 3. The minimum Gasteiger partial charge on any atom is -0.356 e. The Morgan fingerprint density at radius 3 is 2.75 bits per heavy atom. The Labute approximate surface area is 143 Å². The fourth-order valence-electron chi connectivity index (χ4n) is 2.69. The molecule has 3 rings (SSSR count). The third-order valence-electron chi connectivity index (χ3n) is 3.99. The van der Waals surface area contributed by atoms with E-state index in [1.165, 1.54) is 19.2 Å². The lowest BCUT2D eigenvalue weighted by molar-refractivity contribution is -0.118. The fourth-order valence-corrected chi connectivity index (χ4v) is 2.93. The van der Waals surface area contributed by atoms with Crippen molar-refractivity contribution in [2.75, 3.05) is 11.4 Å². The molecule has 1 atom stereocenters. The summed E-state index contributed by atoms with van der Waals surface area (Å²) in [6, 6.07) is 7.96. The van der Waals surface area contributed by atoms with Gasteiger partial charge < -0.3 is 15.2 Å². The summed E-state index contributed by atoms with van der Waals surface area (Å²) >= 11 is 6.13. The number of nitrogens with zero attached hydrogens (tertiary/aromatic N) is 1. The highest BCUT2D eigenvalue weighted by atomic mass is 35.5. The summed E-state index contributed by atoms with van der Waals surface area (Å²) < 4.78 is 0. The maximum absolute atomic E-state index is 12.5. The Morgan fingerprint density at radius 2 is 2.08 bits per heavy atom. The number of halogens is 1. The number of ketones is 1. The molecule has 2 amide bonds. The highest BCUT2D eigenvalue weighted by Gasteiger charge is 2.34. The van der Waals surface area contributed by atoms with Gasteiger partial charge >= 0.3 is 0 Å². The van der Waals surface area contributed by atoms with Crippen LogP contribution in [-0.4, -0.2) is 35.2 Å². The van der Waals surface area contributed by atoms with Crippen LogP contribution < -0.4 is 10.2 Å². The van der Waals surface area contributed by atoms with Gasteiger partial charge in [0.2, 0.25) is 5.91 Å². The summed E-state index contributed by atoms with van der Waals surface area (Å²) in [7, 11) is 0. The number of carbonyl (C=O) groups is 3. The van der Waals surface area contributed by atoms with Crippen LogP contribution >= 0.6 is 11.6 Å². The predicted octanol–water partition coefficient (Wildman–Crippen LogP) is 2.41. The van der Waals surface area contributed by atoms with Crippen molar-refractivity contribution in [2.24, 2.45) is 0 Å². The Morgan fingerprint density at radius 1 is 1.33 bits per heavy atom. The molecule has 0 unspecified atom stereocenters. The van der Waals surface area contributed by atoms with E-state index in [0.29, 0.717) is 29.2 Å². The van der Waals surface area contributed by atoms with Crippen molar-refractivity contribution in [2.45, 2.75) is 19.4 Å². The Bertz CT molecular complexity index is 815.